The average Bonchev–Trinajstić information content (AvgIpc) is 3.21. The monoisotopic (exact) mass is 336 g/mol. The van der Waals surface area contributed by atoms with Gasteiger partial charge in [0.25, 0.3) is 13.1 Å². The molecule has 0 amide bonds. The van der Waals surface area contributed by atoms with Crippen molar-refractivity contribution in [1.29, 1.82) is 0 Å². The first-order valence-electron chi connectivity index (χ1n) is 8.94. The van der Waals surface area contributed by atoms with Crippen LogP contribution in [-0.4, -0.2) is 27.5 Å². The molecular formula is C20H26N5+. The molecule has 0 bridgehead atoms. The quantitative estimate of drug-likeness (QED) is 0.576. The summed E-state index contributed by atoms with van der Waals surface area (Å²) in [5.41, 5.74) is 5.40. The van der Waals surface area contributed by atoms with Gasteiger partial charge in [-0.2, -0.15) is 0 Å². The minimum absolute atomic E-state index is 0.760. The fourth-order valence-electron chi connectivity index (χ4n) is 3.25. The summed E-state index contributed by atoms with van der Waals surface area (Å²) in [7, 11) is 0. The number of aromatic amines is 1. The summed E-state index contributed by atoms with van der Waals surface area (Å²) in [5.74, 6) is 1.06. The molecule has 0 aliphatic carbocycles. The summed E-state index contributed by atoms with van der Waals surface area (Å²) < 4.78 is 2.20. The highest BCUT2D eigenvalue weighted by molar-refractivity contribution is 5.75. The first-order valence-corrected chi connectivity index (χ1v) is 8.94. The number of nitrogens with one attached hydrogen (secondary N) is 2. The SMILES string of the molecule is C#[N+]CCCCCCNc1c(-c2ccc[nH]2)nc2cc(C)cc(C)n12. The summed E-state index contributed by atoms with van der Waals surface area (Å²) >= 11 is 0. The van der Waals surface area contributed by atoms with Crippen LogP contribution < -0.4 is 5.32 Å². The van der Waals surface area contributed by atoms with Crippen molar-refractivity contribution < 1.29 is 0 Å². The second-order valence-electron chi connectivity index (χ2n) is 6.51. The second-order valence-corrected chi connectivity index (χ2v) is 6.51. The van der Waals surface area contributed by atoms with Crippen LogP contribution in [0.15, 0.2) is 30.5 Å². The number of H-pyrrole nitrogens is 1. The summed E-state index contributed by atoms with van der Waals surface area (Å²) in [4.78, 5) is 11.8. The number of nitrogens with zero attached hydrogens (tertiary/aromatic N) is 3. The zero-order valence-electron chi connectivity index (χ0n) is 15.0. The first kappa shape index (κ1) is 17.1. The van der Waals surface area contributed by atoms with E-state index in [4.69, 9.17) is 11.6 Å². The van der Waals surface area contributed by atoms with Crippen LogP contribution in [0.5, 0.6) is 0 Å². The average molecular weight is 336 g/mol. The van der Waals surface area contributed by atoms with Crippen LogP contribution in [0.4, 0.5) is 5.82 Å². The molecule has 0 aliphatic rings. The molecule has 0 radical (unpaired) electrons. The number of hydrogen-bond donors (Lipinski definition) is 2. The largest absolute Gasteiger partial charge is 0.369 e. The summed E-state index contributed by atoms with van der Waals surface area (Å²) in [6, 6.07) is 8.38. The van der Waals surface area contributed by atoms with Crippen LogP contribution in [0.2, 0.25) is 0 Å². The van der Waals surface area contributed by atoms with Gasteiger partial charge in [0.1, 0.15) is 17.2 Å². The minimum Gasteiger partial charge on any atom is -0.369 e. The normalized spacial score (nSPS) is 10.9. The van der Waals surface area contributed by atoms with Crippen molar-refractivity contribution in [2.24, 2.45) is 0 Å². The highest BCUT2D eigenvalue weighted by Gasteiger charge is 2.16. The summed E-state index contributed by atoms with van der Waals surface area (Å²) in [5, 5.41) is 3.61. The van der Waals surface area contributed by atoms with Crippen LogP contribution in [0, 0.1) is 20.4 Å². The Labute approximate surface area is 148 Å². The van der Waals surface area contributed by atoms with E-state index >= 15 is 0 Å². The van der Waals surface area contributed by atoms with Crippen molar-refractivity contribution in [3.05, 3.63) is 46.6 Å². The van der Waals surface area contributed by atoms with Gasteiger partial charge in [-0.25, -0.2) is 4.98 Å². The van der Waals surface area contributed by atoms with Gasteiger partial charge in [0.15, 0.2) is 0 Å². The van der Waals surface area contributed by atoms with Gasteiger partial charge in [0, 0.05) is 24.9 Å². The van der Waals surface area contributed by atoms with E-state index in [1.165, 1.54) is 17.7 Å². The van der Waals surface area contributed by atoms with Gasteiger partial charge in [-0.05, 0) is 56.5 Å². The van der Waals surface area contributed by atoms with Crippen LogP contribution in [0.3, 0.4) is 0 Å². The standard InChI is InChI=1S/C20H26N5/c1-15-13-16(2)25-18(14-15)24-19(17-9-8-12-22-17)20(25)23-11-7-5-4-6-10-21-3/h3,8-9,12-14,22-23H,4-7,10-11H2,1-2H3/q+1. The Bertz CT molecular complexity index is 868. The lowest BCUT2D eigenvalue weighted by molar-refractivity contribution is 0.677. The Morgan fingerprint density at radius 3 is 2.80 bits per heavy atom. The fourth-order valence-corrected chi connectivity index (χ4v) is 3.25. The molecule has 130 valence electrons. The number of hydrogen-bond acceptors (Lipinski definition) is 2. The fraction of sp³-hybridized carbons (Fsp3) is 0.400. The topological polar surface area (TPSA) is 49.5 Å². The molecule has 5 heteroatoms. The molecule has 0 spiro atoms. The lowest BCUT2D eigenvalue weighted by atomic mass is 10.2. The molecule has 3 aromatic heterocycles. The van der Waals surface area contributed by atoms with Gasteiger partial charge in [-0.1, -0.05) is 11.3 Å². The van der Waals surface area contributed by atoms with Gasteiger partial charge in [0.2, 0.25) is 0 Å². The number of aromatic nitrogens is 3. The molecule has 2 N–H and O–H groups in total. The Kier molecular flexibility index (Phi) is 5.39. The van der Waals surface area contributed by atoms with Crippen molar-refractivity contribution in [1.82, 2.24) is 14.4 Å². The van der Waals surface area contributed by atoms with Gasteiger partial charge in [0.05, 0.1) is 5.69 Å². The molecule has 0 saturated carbocycles. The Morgan fingerprint density at radius 2 is 2.04 bits per heavy atom. The number of anilines is 1. The molecule has 0 aliphatic heterocycles. The van der Waals surface area contributed by atoms with Gasteiger partial charge in [-0.3, -0.25) is 4.40 Å². The molecular weight excluding hydrogens is 310 g/mol. The first-order chi connectivity index (χ1) is 12.2. The minimum atomic E-state index is 0.760. The second kappa shape index (κ2) is 7.89. The Hall–Kier alpha value is -2.74. The van der Waals surface area contributed by atoms with E-state index in [0.717, 1.165) is 55.2 Å². The van der Waals surface area contributed by atoms with E-state index in [0.29, 0.717) is 0 Å². The van der Waals surface area contributed by atoms with E-state index in [-0.39, 0.29) is 0 Å². The van der Waals surface area contributed by atoms with Crippen LogP contribution in [0.25, 0.3) is 21.9 Å². The Balaban J connectivity index is 1.80. The number of aryl methyl sites for hydroxylation is 2. The van der Waals surface area contributed by atoms with Crippen molar-refractivity contribution in [3.63, 3.8) is 0 Å². The summed E-state index contributed by atoms with van der Waals surface area (Å²) in [6.45, 7) is 11.1. The molecule has 0 aromatic carbocycles. The molecule has 25 heavy (non-hydrogen) atoms. The van der Waals surface area contributed by atoms with Crippen molar-refractivity contribution in [2.75, 3.05) is 18.4 Å². The van der Waals surface area contributed by atoms with Gasteiger partial charge >= 0.3 is 0 Å². The number of unbranched alkanes of at least 4 members (excludes halogenated alkanes) is 3. The lowest BCUT2D eigenvalue weighted by Crippen LogP contribution is -2.06. The number of pyridine rings is 1. The third-order valence-corrected chi connectivity index (χ3v) is 4.41. The van der Waals surface area contributed by atoms with Crippen molar-refractivity contribution >= 4 is 11.5 Å². The summed E-state index contributed by atoms with van der Waals surface area (Å²) in [6.07, 6.45) is 6.46. The van der Waals surface area contributed by atoms with Gasteiger partial charge in [-0.15, -0.1) is 0 Å². The third kappa shape index (κ3) is 3.85. The molecule has 0 atom stereocenters. The predicted molar refractivity (Wildman–Crippen MR) is 105 cm³/mol. The van der Waals surface area contributed by atoms with Gasteiger partial charge < -0.3 is 10.3 Å². The number of rotatable bonds is 8. The van der Waals surface area contributed by atoms with E-state index < -0.39 is 0 Å². The predicted octanol–water partition coefficient (Wildman–Crippen LogP) is 4.88. The van der Waals surface area contributed by atoms with Crippen LogP contribution in [0.1, 0.15) is 36.9 Å². The number of fused-ring (bicyclic) bond motifs is 1. The molecule has 0 fully saturated rings. The molecule has 0 unspecified atom stereocenters. The molecule has 3 aromatic rings. The van der Waals surface area contributed by atoms with E-state index in [2.05, 4.69) is 51.6 Å². The van der Waals surface area contributed by atoms with E-state index in [1.54, 1.807) is 0 Å². The maximum absolute atomic E-state index is 5.17. The maximum Gasteiger partial charge on any atom is 0.263 e. The Morgan fingerprint density at radius 1 is 1.20 bits per heavy atom. The number of imidazole rings is 1. The van der Waals surface area contributed by atoms with Crippen molar-refractivity contribution in [2.45, 2.75) is 39.5 Å². The zero-order chi connectivity index (χ0) is 17.6. The van der Waals surface area contributed by atoms with E-state index in [1.807, 2.05) is 12.3 Å². The zero-order valence-corrected chi connectivity index (χ0v) is 15.0. The highest BCUT2D eigenvalue weighted by Crippen LogP contribution is 2.29. The molecule has 5 nitrogen and oxygen atoms in total. The molecule has 3 heterocycles. The van der Waals surface area contributed by atoms with Crippen molar-refractivity contribution in [3.8, 4) is 18.0 Å². The van der Waals surface area contributed by atoms with E-state index in [9.17, 15) is 0 Å². The highest BCUT2D eigenvalue weighted by atomic mass is 15.1. The smallest absolute Gasteiger partial charge is 0.263 e. The molecule has 3 rings (SSSR count). The molecule has 0 saturated heterocycles. The lowest BCUT2D eigenvalue weighted by Gasteiger charge is -2.10. The third-order valence-electron chi connectivity index (χ3n) is 4.41. The maximum atomic E-state index is 5.17. The van der Waals surface area contributed by atoms with Crippen LogP contribution in [-0.2, 0) is 0 Å². The van der Waals surface area contributed by atoms with Crippen LogP contribution >= 0.6 is 0 Å².